The minimum atomic E-state index is 0.878. The van der Waals surface area contributed by atoms with Crippen LogP contribution in [0.2, 0.25) is 0 Å². The third-order valence-electron chi connectivity index (χ3n) is 6.34. The molecule has 21 heavy (non-hydrogen) atoms. The van der Waals surface area contributed by atoms with Crippen molar-refractivity contribution in [3.63, 3.8) is 0 Å². The molecular formula is C17H32N4. The highest BCUT2D eigenvalue weighted by atomic mass is 15.4. The molecule has 0 amide bonds. The Bertz CT molecular complexity index is 348. The summed E-state index contributed by atoms with van der Waals surface area (Å²) in [6, 6.07) is 1.76. The lowest BCUT2D eigenvalue weighted by Crippen LogP contribution is -2.70. The van der Waals surface area contributed by atoms with Crippen LogP contribution in [0.25, 0.3) is 0 Å². The van der Waals surface area contributed by atoms with Crippen molar-refractivity contribution < 1.29 is 0 Å². The fourth-order valence-electron chi connectivity index (χ4n) is 4.64. The van der Waals surface area contributed by atoms with E-state index in [-0.39, 0.29) is 0 Å². The van der Waals surface area contributed by atoms with E-state index in [9.17, 15) is 0 Å². The molecule has 4 rings (SSSR count). The highest BCUT2D eigenvalue weighted by Crippen LogP contribution is 2.27. The summed E-state index contributed by atoms with van der Waals surface area (Å²) in [7, 11) is 2.23. The molecule has 0 N–H and O–H groups in total. The predicted octanol–water partition coefficient (Wildman–Crippen LogP) is 0.648. The fourth-order valence-corrected chi connectivity index (χ4v) is 4.64. The van der Waals surface area contributed by atoms with Crippen LogP contribution in [0, 0.1) is 11.8 Å². The highest BCUT2D eigenvalue weighted by molar-refractivity contribution is 4.99. The normalized spacial score (nSPS) is 32.9. The molecule has 0 bridgehead atoms. The van der Waals surface area contributed by atoms with Crippen LogP contribution in [0.1, 0.15) is 19.8 Å². The van der Waals surface area contributed by atoms with Crippen LogP contribution in [-0.4, -0.2) is 97.6 Å². The van der Waals surface area contributed by atoms with Gasteiger partial charge in [0.05, 0.1) is 0 Å². The maximum absolute atomic E-state index is 2.76. The Morgan fingerprint density at radius 3 is 2.05 bits per heavy atom. The molecule has 4 heterocycles. The van der Waals surface area contributed by atoms with Crippen molar-refractivity contribution in [3.8, 4) is 0 Å². The third-order valence-corrected chi connectivity index (χ3v) is 6.34. The topological polar surface area (TPSA) is 13.0 Å². The van der Waals surface area contributed by atoms with E-state index in [0.717, 1.165) is 23.9 Å². The maximum atomic E-state index is 2.76. The van der Waals surface area contributed by atoms with Gasteiger partial charge in [0.1, 0.15) is 0 Å². The molecule has 0 unspecified atom stereocenters. The third kappa shape index (κ3) is 3.00. The second kappa shape index (κ2) is 5.80. The van der Waals surface area contributed by atoms with Crippen LogP contribution < -0.4 is 0 Å². The zero-order valence-corrected chi connectivity index (χ0v) is 13.9. The van der Waals surface area contributed by atoms with E-state index in [2.05, 4.69) is 33.6 Å². The summed E-state index contributed by atoms with van der Waals surface area (Å²) in [4.78, 5) is 10.6. The Morgan fingerprint density at radius 2 is 1.43 bits per heavy atom. The first kappa shape index (κ1) is 14.4. The number of hydrogen-bond donors (Lipinski definition) is 0. The SMILES string of the molecule is CC1CCN(C2CN(C3CN(CC4CN(C)C4)C3)C2)CC1. The first-order valence-electron chi connectivity index (χ1n) is 9.06. The largest absolute Gasteiger partial charge is 0.306 e. The van der Waals surface area contributed by atoms with Gasteiger partial charge in [0.15, 0.2) is 0 Å². The van der Waals surface area contributed by atoms with Gasteiger partial charge in [0, 0.05) is 57.9 Å². The Morgan fingerprint density at radius 1 is 0.810 bits per heavy atom. The van der Waals surface area contributed by atoms with Gasteiger partial charge in [-0.3, -0.25) is 14.7 Å². The van der Waals surface area contributed by atoms with E-state index in [1.807, 2.05) is 0 Å². The van der Waals surface area contributed by atoms with Crippen LogP contribution >= 0.6 is 0 Å². The maximum Gasteiger partial charge on any atom is 0.0351 e. The lowest BCUT2D eigenvalue weighted by molar-refractivity contribution is -0.0656. The summed E-state index contributed by atoms with van der Waals surface area (Å²) in [5, 5.41) is 0. The molecule has 0 spiro atoms. The minimum Gasteiger partial charge on any atom is -0.306 e. The standard InChI is InChI=1S/C17H32N4/c1-14-3-5-20(6-4-14)17-12-21(13-17)16-10-19(11-16)9-15-7-18(2)8-15/h14-17H,3-13H2,1-2H3. The van der Waals surface area contributed by atoms with Gasteiger partial charge in [0.2, 0.25) is 0 Å². The number of nitrogens with zero attached hydrogens (tertiary/aromatic N) is 4. The summed E-state index contributed by atoms with van der Waals surface area (Å²) < 4.78 is 0. The van der Waals surface area contributed by atoms with E-state index >= 15 is 0 Å². The van der Waals surface area contributed by atoms with Gasteiger partial charge < -0.3 is 4.90 Å². The molecule has 4 heteroatoms. The molecule has 4 aliphatic heterocycles. The summed E-state index contributed by atoms with van der Waals surface area (Å²) in [5.74, 6) is 1.92. The van der Waals surface area contributed by atoms with Crippen molar-refractivity contribution in [3.05, 3.63) is 0 Å². The monoisotopic (exact) mass is 292 g/mol. The van der Waals surface area contributed by atoms with Gasteiger partial charge in [-0.2, -0.15) is 0 Å². The average molecular weight is 292 g/mol. The van der Waals surface area contributed by atoms with Crippen molar-refractivity contribution in [1.82, 2.24) is 19.6 Å². The molecule has 0 aromatic heterocycles. The van der Waals surface area contributed by atoms with Crippen molar-refractivity contribution in [2.24, 2.45) is 11.8 Å². The van der Waals surface area contributed by atoms with Gasteiger partial charge in [-0.1, -0.05) is 6.92 Å². The quantitative estimate of drug-likeness (QED) is 0.754. The van der Waals surface area contributed by atoms with Crippen molar-refractivity contribution in [2.45, 2.75) is 31.8 Å². The molecule has 0 saturated carbocycles. The van der Waals surface area contributed by atoms with E-state index in [0.29, 0.717) is 0 Å². The molecule has 0 aromatic carbocycles. The second-order valence-corrected chi connectivity index (χ2v) is 8.29. The smallest absolute Gasteiger partial charge is 0.0351 e. The van der Waals surface area contributed by atoms with Crippen LogP contribution in [0.4, 0.5) is 0 Å². The molecule has 120 valence electrons. The Balaban J connectivity index is 1.12. The van der Waals surface area contributed by atoms with Gasteiger partial charge in [-0.25, -0.2) is 0 Å². The molecule has 4 saturated heterocycles. The van der Waals surface area contributed by atoms with E-state index < -0.39 is 0 Å². The number of rotatable bonds is 4. The summed E-state index contributed by atoms with van der Waals surface area (Å²) in [5.41, 5.74) is 0. The fraction of sp³-hybridized carbons (Fsp3) is 1.00. The second-order valence-electron chi connectivity index (χ2n) is 8.29. The molecule has 0 radical (unpaired) electrons. The Kier molecular flexibility index (Phi) is 3.99. The van der Waals surface area contributed by atoms with Crippen molar-refractivity contribution >= 4 is 0 Å². The highest BCUT2D eigenvalue weighted by Gasteiger charge is 2.42. The van der Waals surface area contributed by atoms with Crippen molar-refractivity contribution in [2.75, 3.05) is 66.0 Å². The van der Waals surface area contributed by atoms with Crippen LogP contribution in [0.15, 0.2) is 0 Å². The summed E-state index contributed by atoms with van der Waals surface area (Å²) >= 11 is 0. The molecule has 4 fully saturated rings. The molecule has 4 nitrogen and oxygen atoms in total. The summed E-state index contributed by atoms with van der Waals surface area (Å²) in [6.07, 6.45) is 2.84. The minimum absolute atomic E-state index is 0.878. The molecule has 0 atom stereocenters. The van der Waals surface area contributed by atoms with Gasteiger partial charge >= 0.3 is 0 Å². The van der Waals surface area contributed by atoms with Gasteiger partial charge in [-0.15, -0.1) is 0 Å². The molecular weight excluding hydrogens is 260 g/mol. The summed E-state index contributed by atoms with van der Waals surface area (Å²) in [6.45, 7) is 14.5. The van der Waals surface area contributed by atoms with Crippen LogP contribution in [-0.2, 0) is 0 Å². The Hall–Kier alpha value is -0.160. The van der Waals surface area contributed by atoms with Gasteiger partial charge in [0.25, 0.3) is 0 Å². The van der Waals surface area contributed by atoms with Gasteiger partial charge in [-0.05, 0) is 44.8 Å². The predicted molar refractivity (Wildman–Crippen MR) is 86.5 cm³/mol. The first-order chi connectivity index (χ1) is 10.2. The number of hydrogen-bond acceptors (Lipinski definition) is 4. The van der Waals surface area contributed by atoms with E-state index in [1.54, 1.807) is 0 Å². The van der Waals surface area contributed by atoms with Crippen LogP contribution in [0.5, 0.6) is 0 Å². The zero-order chi connectivity index (χ0) is 14.4. The average Bonchev–Trinajstić information content (AvgIpc) is 2.33. The first-order valence-corrected chi connectivity index (χ1v) is 9.06. The lowest BCUT2D eigenvalue weighted by Gasteiger charge is -2.56. The van der Waals surface area contributed by atoms with E-state index in [1.165, 1.54) is 71.7 Å². The molecule has 0 aliphatic carbocycles. The van der Waals surface area contributed by atoms with Crippen molar-refractivity contribution in [1.29, 1.82) is 0 Å². The zero-order valence-electron chi connectivity index (χ0n) is 13.9. The Labute approximate surface area is 130 Å². The molecule has 0 aromatic rings. The lowest BCUT2D eigenvalue weighted by atomic mass is 9.93. The van der Waals surface area contributed by atoms with E-state index in [4.69, 9.17) is 0 Å². The number of likely N-dealkylation sites (tertiary alicyclic amines) is 4. The van der Waals surface area contributed by atoms with Crippen LogP contribution in [0.3, 0.4) is 0 Å². The molecule has 4 aliphatic rings. The number of piperidine rings is 1.